The van der Waals surface area contributed by atoms with E-state index in [1.165, 1.54) is 0 Å². The number of aromatic nitrogens is 6. The molecule has 1 aromatic carbocycles. The van der Waals surface area contributed by atoms with Gasteiger partial charge in [-0.05, 0) is 13.8 Å². The number of benzene rings is 1. The van der Waals surface area contributed by atoms with Crippen LogP contribution in [0.4, 0.5) is 0 Å². The predicted octanol–water partition coefficient (Wildman–Crippen LogP) is 3.78. The van der Waals surface area contributed by atoms with Gasteiger partial charge in [0, 0.05) is 30.9 Å². The number of nitrogens with zero attached hydrogens (tertiary/aromatic N) is 6. The van der Waals surface area contributed by atoms with E-state index in [0.29, 0.717) is 0 Å². The molecule has 0 N–H and O–H groups in total. The van der Waals surface area contributed by atoms with Gasteiger partial charge in [-0.25, -0.2) is 9.97 Å². The first kappa shape index (κ1) is 16.3. The van der Waals surface area contributed by atoms with Crippen molar-refractivity contribution in [3.8, 4) is 22.6 Å². The van der Waals surface area contributed by atoms with Crippen LogP contribution < -0.4 is 0 Å². The standard InChI is InChI=1S/C20H22N6/c1-4-25-13-21-11-18(25)20-19(16-8-6-5-7-9-16)22-14-26(20)15(2)17-10-23-24(3)12-17/h5-15H,4H2,1-3H3/t15-/m0/s1. The van der Waals surface area contributed by atoms with Crippen molar-refractivity contribution in [3.05, 3.63) is 67.1 Å². The molecule has 4 aromatic rings. The molecule has 1 atom stereocenters. The number of rotatable bonds is 5. The maximum absolute atomic E-state index is 4.77. The van der Waals surface area contributed by atoms with Gasteiger partial charge in [-0.3, -0.25) is 4.68 Å². The molecule has 26 heavy (non-hydrogen) atoms. The molecule has 6 heteroatoms. The summed E-state index contributed by atoms with van der Waals surface area (Å²) in [6, 6.07) is 10.4. The molecule has 3 heterocycles. The van der Waals surface area contributed by atoms with E-state index >= 15 is 0 Å². The third-order valence-electron chi connectivity index (χ3n) is 4.76. The fourth-order valence-electron chi connectivity index (χ4n) is 3.30. The zero-order valence-electron chi connectivity index (χ0n) is 15.2. The normalized spacial score (nSPS) is 12.4. The number of hydrogen-bond acceptors (Lipinski definition) is 3. The van der Waals surface area contributed by atoms with E-state index in [0.717, 1.165) is 34.8 Å². The van der Waals surface area contributed by atoms with E-state index in [-0.39, 0.29) is 6.04 Å². The van der Waals surface area contributed by atoms with Crippen LogP contribution in [0.3, 0.4) is 0 Å². The molecule has 0 aliphatic carbocycles. The molecule has 0 aliphatic heterocycles. The quantitative estimate of drug-likeness (QED) is 0.553. The summed E-state index contributed by atoms with van der Waals surface area (Å²) in [6.45, 7) is 5.15. The molecule has 0 fully saturated rings. The summed E-state index contributed by atoms with van der Waals surface area (Å²) in [7, 11) is 1.94. The van der Waals surface area contributed by atoms with Crippen LogP contribution in [0.15, 0.2) is 61.6 Å². The Morgan fingerprint density at radius 1 is 1.08 bits per heavy atom. The lowest BCUT2D eigenvalue weighted by Crippen LogP contribution is -2.09. The molecule has 0 spiro atoms. The van der Waals surface area contributed by atoms with Gasteiger partial charge in [0.15, 0.2) is 0 Å². The van der Waals surface area contributed by atoms with Crippen molar-refractivity contribution in [1.82, 2.24) is 28.9 Å². The van der Waals surface area contributed by atoms with Crippen molar-refractivity contribution in [1.29, 1.82) is 0 Å². The van der Waals surface area contributed by atoms with Crippen molar-refractivity contribution in [2.75, 3.05) is 0 Å². The first-order valence-electron chi connectivity index (χ1n) is 8.80. The minimum Gasteiger partial charge on any atom is -0.330 e. The number of aryl methyl sites for hydroxylation is 2. The largest absolute Gasteiger partial charge is 0.330 e. The molecule has 6 nitrogen and oxygen atoms in total. The van der Waals surface area contributed by atoms with Gasteiger partial charge in [0.25, 0.3) is 0 Å². The molecule has 0 radical (unpaired) electrons. The molecule has 0 saturated carbocycles. The van der Waals surface area contributed by atoms with Crippen molar-refractivity contribution < 1.29 is 0 Å². The van der Waals surface area contributed by atoms with Gasteiger partial charge in [-0.1, -0.05) is 30.3 Å². The Bertz CT molecular complexity index is 1010. The fraction of sp³-hybridized carbons (Fsp3) is 0.250. The lowest BCUT2D eigenvalue weighted by molar-refractivity contribution is 0.637. The van der Waals surface area contributed by atoms with Crippen LogP contribution in [0.25, 0.3) is 22.6 Å². The van der Waals surface area contributed by atoms with Crippen LogP contribution in [0, 0.1) is 0 Å². The molecule has 0 bridgehead atoms. The van der Waals surface area contributed by atoms with Crippen LogP contribution >= 0.6 is 0 Å². The van der Waals surface area contributed by atoms with Gasteiger partial charge >= 0.3 is 0 Å². The number of hydrogen-bond donors (Lipinski definition) is 0. The van der Waals surface area contributed by atoms with E-state index in [9.17, 15) is 0 Å². The van der Waals surface area contributed by atoms with E-state index < -0.39 is 0 Å². The Hall–Kier alpha value is -3.15. The summed E-state index contributed by atoms with van der Waals surface area (Å²) in [6.07, 6.45) is 9.67. The number of imidazole rings is 2. The van der Waals surface area contributed by atoms with Crippen LogP contribution in [0.2, 0.25) is 0 Å². The van der Waals surface area contributed by atoms with E-state index in [1.807, 2.05) is 61.2 Å². The van der Waals surface area contributed by atoms with Crippen LogP contribution in [0.5, 0.6) is 0 Å². The maximum Gasteiger partial charge on any atom is 0.0979 e. The molecule has 132 valence electrons. The molecule has 0 saturated heterocycles. The lowest BCUT2D eigenvalue weighted by Gasteiger charge is -2.17. The molecule has 4 rings (SSSR count). The van der Waals surface area contributed by atoms with Gasteiger partial charge < -0.3 is 9.13 Å². The fourth-order valence-corrected chi connectivity index (χ4v) is 3.30. The van der Waals surface area contributed by atoms with Gasteiger partial charge in [-0.2, -0.15) is 5.10 Å². The second-order valence-corrected chi connectivity index (χ2v) is 6.40. The Labute approximate surface area is 152 Å². The highest BCUT2D eigenvalue weighted by Crippen LogP contribution is 2.34. The van der Waals surface area contributed by atoms with Crippen molar-refractivity contribution in [3.63, 3.8) is 0 Å². The first-order valence-corrected chi connectivity index (χ1v) is 8.80. The molecule has 0 aliphatic rings. The van der Waals surface area contributed by atoms with Gasteiger partial charge in [0.2, 0.25) is 0 Å². The molecular weight excluding hydrogens is 324 g/mol. The molecule has 0 unspecified atom stereocenters. The van der Waals surface area contributed by atoms with Crippen LogP contribution in [-0.4, -0.2) is 28.9 Å². The molecule has 0 amide bonds. The Morgan fingerprint density at radius 2 is 1.88 bits per heavy atom. The Kier molecular flexibility index (Phi) is 4.16. The van der Waals surface area contributed by atoms with Crippen molar-refractivity contribution in [2.24, 2.45) is 7.05 Å². The van der Waals surface area contributed by atoms with E-state index in [2.05, 4.69) is 45.2 Å². The van der Waals surface area contributed by atoms with E-state index in [4.69, 9.17) is 4.98 Å². The zero-order valence-corrected chi connectivity index (χ0v) is 15.2. The SMILES string of the molecule is CCn1cncc1-c1c(-c2ccccc2)ncn1[C@@H](C)c1cnn(C)c1. The predicted molar refractivity (Wildman–Crippen MR) is 102 cm³/mol. The van der Waals surface area contributed by atoms with Crippen molar-refractivity contribution in [2.45, 2.75) is 26.4 Å². The minimum absolute atomic E-state index is 0.115. The van der Waals surface area contributed by atoms with Gasteiger partial charge in [0.1, 0.15) is 0 Å². The van der Waals surface area contributed by atoms with Crippen LogP contribution in [-0.2, 0) is 13.6 Å². The highest BCUT2D eigenvalue weighted by molar-refractivity contribution is 5.77. The Morgan fingerprint density at radius 3 is 2.58 bits per heavy atom. The minimum atomic E-state index is 0.115. The van der Waals surface area contributed by atoms with Crippen LogP contribution in [0.1, 0.15) is 25.5 Å². The highest BCUT2D eigenvalue weighted by Gasteiger charge is 2.22. The summed E-state index contributed by atoms with van der Waals surface area (Å²) in [5.74, 6) is 0. The Balaban J connectivity index is 1.91. The second kappa shape index (κ2) is 6.63. The summed E-state index contributed by atoms with van der Waals surface area (Å²) in [5, 5.41) is 4.32. The van der Waals surface area contributed by atoms with Crippen molar-refractivity contribution >= 4 is 0 Å². The van der Waals surface area contributed by atoms with E-state index in [1.54, 1.807) is 0 Å². The topological polar surface area (TPSA) is 53.5 Å². The van der Waals surface area contributed by atoms with Gasteiger partial charge in [-0.15, -0.1) is 0 Å². The zero-order chi connectivity index (χ0) is 18.1. The molecular formula is C20H22N6. The maximum atomic E-state index is 4.77. The first-order chi connectivity index (χ1) is 12.7. The lowest BCUT2D eigenvalue weighted by atomic mass is 10.1. The summed E-state index contributed by atoms with van der Waals surface area (Å²) >= 11 is 0. The third-order valence-corrected chi connectivity index (χ3v) is 4.76. The monoisotopic (exact) mass is 346 g/mol. The highest BCUT2D eigenvalue weighted by atomic mass is 15.2. The summed E-state index contributed by atoms with van der Waals surface area (Å²) < 4.78 is 6.19. The average Bonchev–Trinajstić information content (AvgIpc) is 3.40. The molecule has 3 aromatic heterocycles. The van der Waals surface area contributed by atoms with Gasteiger partial charge in [0.05, 0.1) is 48.2 Å². The summed E-state index contributed by atoms with van der Waals surface area (Å²) in [5.41, 5.74) is 5.36. The second-order valence-electron chi connectivity index (χ2n) is 6.40. The average molecular weight is 346 g/mol. The summed E-state index contributed by atoms with van der Waals surface area (Å²) in [4.78, 5) is 9.13. The smallest absolute Gasteiger partial charge is 0.0979 e. The third kappa shape index (κ3) is 2.73.